The van der Waals surface area contributed by atoms with Gasteiger partial charge in [0, 0.05) is 6.42 Å². The van der Waals surface area contributed by atoms with Crippen molar-refractivity contribution >= 4 is 0 Å². The van der Waals surface area contributed by atoms with Gasteiger partial charge in [0.1, 0.15) is 5.75 Å². The van der Waals surface area contributed by atoms with E-state index < -0.39 is 5.79 Å². The maximum absolute atomic E-state index is 9.41. The molecule has 1 heterocycles. The van der Waals surface area contributed by atoms with Gasteiger partial charge in [-0.3, -0.25) is 0 Å². The lowest BCUT2D eigenvalue weighted by atomic mass is 10.1. The zero-order valence-electron chi connectivity index (χ0n) is 10.1. The molecule has 1 fully saturated rings. The van der Waals surface area contributed by atoms with Gasteiger partial charge in [0.25, 0.3) is 0 Å². The zero-order chi connectivity index (χ0) is 12.3. The molecular formula is C13H19NO3. The number of aromatic hydroxyl groups is 1. The molecule has 2 atom stereocenters. The Labute approximate surface area is 101 Å². The topological polar surface area (TPSA) is 64.7 Å². The van der Waals surface area contributed by atoms with Crippen LogP contribution in [0.2, 0.25) is 0 Å². The summed E-state index contributed by atoms with van der Waals surface area (Å²) < 4.78 is 11.5. The van der Waals surface area contributed by atoms with E-state index in [4.69, 9.17) is 15.2 Å². The minimum atomic E-state index is -0.604. The minimum Gasteiger partial charge on any atom is -0.508 e. The second kappa shape index (κ2) is 5.04. The van der Waals surface area contributed by atoms with Crippen LogP contribution in [0.25, 0.3) is 0 Å². The van der Waals surface area contributed by atoms with Crippen LogP contribution < -0.4 is 5.73 Å². The van der Waals surface area contributed by atoms with Gasteiger partial charge in [-0.25, -0.2) is 0 Å². The molecule has 0 saturated carbocycles. The van der Waals surface area contributed by atoms with Crippen LogP contribution in [0, 0.1) is 0 Å². The van der Waals surface area contributed by atoms with Crippen molar-refractivity contribution < 1.29 is 14.6 Å². The van der Waals surface area contributed by atoms with E-state index in [9.17, 15) is 5.11 Å². The molecule has 4 nitrogen and oxygen atoms in total. The van der Waals surface area contributed by atoms with Crippen molar-refractivity contribution in [2.75, 3.05) is 13.2 Å². The molecule has 0 radical (unpaired) electrons. The van der Waals surface area contributed by atoms with Crippen molar-refractivity contribution in [2.45, 2.75) is 31.7 Å². The summed E-state index contributed by atoms with van der Waals surface area (Å²) in [6, 6.07) is 7.15. The van der Waals surface area contributed by atoms with Crippen molar-refractivity contribution in [3.8, 4) is 5.75 Å². The lowest BCUT2D eigenvalue weighted by Crippen LogP contribution is -2.30. The molecule has 1 aromatic rings. The molecule has 3 N–H and O–H groups in total. The van der Waals surface area contributed by atoms with Crippen LogP contribution in [0.3, 0.4) is 0 Å². The van der Waals surface area contributed by atoms with E-state index in [1.165, 1.54) is 0 Å². The number of rotatable bonds is 4. The van der Waals surface area contributed by atoms with Gasteiger partial charge in [-0.05, 0) is 37.6 Å². The fraction of sp³-hybridized carbons (Fsp3) is 0.538. The Balaban J connectivity index is 1.99. The third-order valence-corrected chi connectivity index (χ3v) is 2.91. The molecule has 0 bridgehead atoms. The molecule has 4 heteroatoms. The predicted octanol–water partition coefficient (Wildman–Crippen LogP) is 1.42. The van der Waals surface area contributed by atoms with E-state index in [2.05, 4.69) is 0 Å². The highest BCUT2D eigenvalue weighted by atomic mass is 16.7. The molecular weight excluding hydrogens is 218 g/mol. The fourth-order valence-electron chi connectivity index (χ4n) is 2.15. The first-order valence-corrected chi connectivity index (χ1v) is 5.91. The van der Waals surface area contributed by atoms with Crippen molar-refractivity contribution in [3.05, 3.63) is 29.8 Å². The molecule has 0 aromatic heterocycles. The van der Waals surface area contributed by atoms with E-state index in [-0.39, 0.29) is 11.9 Å². The average molecular weight is 237 g/mol. The van der Waals surface area contributed by atoms with Crippen LogP contribution in [-0.2, 0) is 15.9 Å². The summed E-state index contributed by atoms with van der Waals surface area (Å²) in [5.41, 5.74) is 6.50. The van der Waals surface area contributed by atoms with Crippen LogP contribution in [0.1, 0.15) is 18.9 Å². The van der Waals surface area contributed by atoms with E-state index in [0.717, 1.165) is 12.0 Å². The van der Waals surface area contributed by atoms with Crippen LogP contribution in [0.15, 0.2) is 24.3 Å². The quantitative estimate of drug-likeness (QED) is 0.831. The normalized spacial score (nSPS) is 28.5. The first kappa shape index (κ1) is 12.4. The lowest BCUT2D eigenvalue weighted by molar-refractivity contribution is -0.152. The van der Waals surface area contributed by atoms with Crippen LogP contribution in [0.5, 0.6) is 5.75 Å². The summed E-state index contributed by atoms with van der Waals surface area (Å²) in [6.07, 6.45) is 1.53. The van der Waals surface area contributed by atoms with Gasteiger partial charge >= 0.3 is 0 Å². The minimum absolute atomic E-state index is 0.0855. The lowest BCUT2D eigenvalue weighted by Gasteiger charge is -2.23. The second-order valence-corrected chi connectivity index (χ2v) is 4.61. The number of hydrogen-bond donors (Lipinski definition) is 2. The molecule has 0 aliphatic carbocycles. The Morgan fingerprint density at radius 1 is 1.53 bits per heavy atom. The van der Waals surface area contributed by atoms with Gasteiger partial charge in [0.15, 0.2) is 5.79 Å². The van der Waals surface area contributed by atoms with Gasteiger partial charge in [-0.15, -0.1) is 0 Å². The zero-order valence-corrected chi connectivity index (χ0v) is 10.1. The van der Waals surface area contributed by atoms with Gasteiger partial charge < -0.3 is 20.3 Å². The third-order valence-electron chi connectivity index (χ3n) is 2.91. The van der Waals surface area contributed by atoms with E-state index in [1.807, 2.05) is 19.1 Å². The molecule has 1 aliphatic heterocycles. The molecule has 1 aliphatic rings. The van der Waals surface area contributed by atoms with E-state index in [1.54, 1.807) is 12.1 Å². The smallest absolute Gasteiger partial charge is 0.170 e. The Bertz CT molecular complexity index is 383. The molecule has 2 unspecified atom stereocenters. The molecule has 94 valence electrons. The van der Waals surface area contributed by atoms with Gasteiger partial charge in [0.05, 0.1) is 12.7 Å². The number of phenols is 1. The number of hydrogen-bond acceptors (Lipinski definition) is 4. The van der Waals surface area contributed by atoms with E-state index >= 15 is 0 Å². The summed E-state index contributed by atoms with van der Waals surface area (Å²) in [7, 11) is 0. The maximum atomic E-state index is 9.41. The van der Waals surface area contributed by atoms with Crippen LogP contribution in [-0.4, -0.2) is 30.1 Å². The SMILES string of the molecule is CC1(Cc2cccc(O)c2)OCC(CCN)O1. The highest BCUT2D eigenvalue weighted by Crippen LogP contribution is 2.29. The standard InChI is InChI=1S/C13H19NO3/c1-13(16-9-12(17-13)5-6-14)8-10-3-2-4-11(15)7-10/h2-4,7,12,15H,5-6,8-9,14H2,1H3. The Morgan fingerprint density at radius 2 is 2.35 bits per heavy atom. The molecule has 0 amide bonds. The summed E-state index contributed by atoms with van der Waals surface area (Å²) in [4.78, 5) is 0. The highest BCUT2D eigenvalue weighted by Gasteiger charge is 2.36. The Kier molecular flexibility index (Phi) is 3.66. The second-order valence-electron chi connectivity index (χ2n) is 4.61. The van der Waals surface area contributed by atoms with Crippen LogP contribution in [0.4, 0.5) is 0 Å². The Morgan fingerprint density at radius 3 is 3.06 bits per heavy atom. The van der Waals surface area contributed by atoms with Crippen molar-refractivity contribution in [2.24, 2.45) is 5.73 Å². The number of phenolic OH excluding ortho intramolecular Hbond substituents is 1. The van der Waals surface area contributed by atoms with Crippen molar-refractivity contribution in [3.63, 3.8) is 0 Å². The summed E-state index contributed by atoms with van der Waals surface area (Å²) in [6.45, 7) is 3.12. The van der Waals surface area contributed by atoms with Crippen molar-refractivity contribution in [1.82, 2.24) is 0 Å². The fourth-order valence-corrected chi connectivity index (χ4v) is 2.15. The molecule has 1 saturated heterocycles. The third kappa shape index (κ3) is 3.19. The van der Waals surface area contributed by atoms with E-state index in [0.29, 0.717) is 19.6 Å². The number of benzene rings is 1. The highest BCUT2D eigenvalue weighted by molar-refractivity contribution is 5.27. The number of nitrogens with two attached hydrogens (primary N) is 1. The number of ether oxygens (including phenoxy) is 2. The molecule has 17 heavy (non-hydrogen) atoms. The molecule has 2 rings (SSSR count). The summed E-state index contributed by atoms with van der Waals surface area (Å²) in [5, 5.41) is 9.41. The predicted molar refractivity (Wildman–Crippen MR) is 64.7 cm³/mol. The van der Waals surface area contributed by atoms with Crippen LogP contribution >= 0.6 is 0 Å². The monoisotopic (exact) mass is 237 g/mol. The van der Waals surface area contributed by atoms with Crippen molar-refractivity contribution in [1.29, 1.82) is 0 Å². The van der Waals surface area contributed by atoms with Gasteiger partial charge in [0.2, 0.25) is 0 Å². The molecule has 1 aromatic carbocycles. The van der Waals surface area contributed by atoms with Gasteiger partial charge in [-0.2, -0.15) is 0 Å². The largest absolute Gasteiger partial charge is 0.508 e. The first-order valence-electron chi connectivity index (χ1n) is 5.91. The van der Waals surface area contributed by atoms with Gasteiger partial charge in [-0.1, -0.05) is 12.1 Å². The maximum Gasteiger partial charge on any atom is 0.170 e. The molecule has 0 spiro atoms. The summed E-state index contributed by atoms with van der Waals surface area (Å²) in [5.74, 6) is -0.337. The average Bonchev–Trinajstić information content (AvgIpc) is 2.60. The Hall–Kier alpha value is -1.10. The summed E-state index contributed by atoms with van der Waals surface area (Å²) >= 11 is 0. The first-order chi connectivity index (χ1) is 8.11.